The Balaban J connectivity index is 2.10. The summed E-state index contributed by atoms with van der Waals surface area (Å²) in [7, 11) is 0. The second-order valence-electron chi connectivity index (χ2n) is 5.17. The van der Waals surface area contributed by atoms with Crippen LogP contribution < -0.4 is 11.1 Å². The van der Waals surface area contributed by atoms with Gasteiger partial charge in [-0.3, -0.25) is 0 Å². The molecule has 1 aliphatic heterocycles. The fourth-order valence-corrected chi connectivity index (χ4v) is 2.53. The average molecular weight is 283 g/mol. The summed E-state index contributed by atoms with van der Waals surface area (Å²) < 4.78 is 26.4. The smallest absolute Gasteiger partial charge is 0.322 e. The summed E-state index contributed by atoms with van der Waals surface area (Å²) in [5, 5.41) is 2.48. The molecule has 110 valence electrons. The first-order valence-electron chi connectivity index (χ1n) is 6.77. The third-order valence-electron chi connectivity index (χ3n) is 3.59. The van der Waals surface area contributed by atoms with Gasteiger partial charge in [0.1, 0.15) is 11.6 Å². The normalized spacial score (nSPS) is 20.6. The highest BCUT2D eigenvalue weighted by molar-refractivity contribution is 5.89. The molecule has 3 N–H and O–H groups in total. The molecule has 2 unspecified atom stereocenters. The second-order valence-corrected chi connectivity index (χ2v) is 5.17. The molecule has 4 nitrogen and oxygen atoms in total. The van der Waals surface area contributed by atoms with E-state index < -0.39 is 17.7 Å². The van der Waals surface area contributed by atoms with Gasteiger partial charge < -0.3 is 16.0 Å². The van der Waals surface area contributed by atoms with Crippen LogP contribution in [0.2, 0.25) is 0 Å². The molecule has 1 aromatic rings. The molecule has 0 saturated carbocycles. The van der Waals surface area contributed by atoms with Crippen LogP contribution in [0.4, 0.5) is 19.3 Å². The first-order chi connectivity index (χ1) is 9.49. The molecule has 2 rings (SSSR count). The van der Waals surface area contributed by atoms with Gasteiger partial charge >= 0.3 is 6.03 Å². The SMILES string of the molecule is CC(N)C1CCCCN1C(=O)Nc1ccc(F)cc1F. The van der Waals surface area contributed by atoms with E-state index in [1.54, 1.807) is 4.90 Å². The van der Waals surface area contributed by atoms with Crippen molar-refractivity contribution >= 4 is 11.7 Å². The first-order valence-corrected chi connectivity index (χ1v) is 6.77. The van der Waals surface area contributed by atoms with Gasteiger partial charge in [0.15, 0.2) is 0 Å². The molecule has 20 heavy (non-hydrogen) atoms. The number of benzene rings is 1. The Morgan fingerprint density at radius 1 is 1.45 bits per heavy atom. The highest BCUT2D eigenvalue weighted by Crippen LogP contribution is 2.21. The number of hydrogen-bond donors (Lipinski definition) is 2. The van der Waals surface area contributed by atoms with Crippen LogP contribution in [-0.2, 0) is 0 Å². The molecule has 0 aliphatic carbocycles. The van der Waals surface area contributed by atoms with Gasteiger partial charge in [0, 0.05) is 24.7 Å². The van der Waals surface area contributed by atoms with Crippen molar-refractivity contribution in [1.29, 1.82) is 0 Å². The van der Waals surface area contributed by atoms with Gasteiger partial charge in [-0.1, -0.05) is 0 Å². The van der Waals surface area contributed by atoms with Crippen LogP contribution in [-0.4, -0.2) is 29.6 Å². The lowest BCUT2D eigenvalue weighted by Crippen LogP contribution is -2.53. The highest BCUT2D eigenvalue weighted by atomic mass is 19.1. The van der Waals surface area contributed by atoms with Gasteiger partial charge in [-0.05, 0) is 38.3 Å². The monoisotopic (exact) mass is 283 g/mol. The molecule has 1 saturated heterocycles. The van der Waals surface area contributed by atoms with E-state index in [1.165, 1.54) is 6.07 Å². The van der Waals surface area contributed by atoms with Gasteiger partial charge in [0.2, 0.25) is 0 Å². The summed E-state index contributed by atoms with van der Waals surface area (Å²) in [6.07, 6.45) is 2.78. The van der Waals surface area contributed by atoms with Crippen LogP contribution in [0.5, 0.6) is 0 Å². The Hall–Kier alpha value is -1.69. The number of nitrogens with two attached hydrogens (primary N) is 1. The number of anilines is 1. The van der Waals surface area contributed by atoms with Crippen molar-refractivity contribution in [3.05, 3.63) is 29.8 Å². The number of piperidine rings is 1. The van der Waals surface area contributed by atoms with E-state index in [9.17, 15) is 13.6 Å². The quantitative estimate of drug-likeness (QED) is 0.876. The average Bonchev–Trinajstić information content (AvgIpc) is 2.41. The summed E-state index contributed by atoms with van der Waals surface area (Å²) in [4.78, 5) is 13.9. The molecule has 0 bridgehead atoms. The number of carbonyl (C=O) groups is 1. The van der Waals surface area contributed by atoms with Gasteiger partial charge in [-0.15, -0.1) is 0 Å². The molecule has 6 heteroatoms. The van der Waals surface area contributed by atoms with E-state index in [-0.39, 0.29) is 17.8 Å². The lowest BCUT2D eigenvalue weighted by molar-refractivity contribution is 0.151. The fraction of sp³-hybridized carbons (Fsp3) is 0.500. The molecule has 1 heterocycles. The van der Waals surface area contributed by atoms with E-state index in [0.717, 1.165) is 31.4 Å². The number of carbonyl (C=O) groups excluding carboxylic acids is 1. The Kier molecular flexibility index (Phi) is 4.54. The van der Waals surface area contributed by atoms with Crippen LogP contribution in [0.25, 0.3) is 0 Å². The van der Waals surface area contributed by atoms with Crippen LogP contribution in [0.15, 0.2) is 18.2 Å². The first kappa shape index (κ1) is 14.7. The number of rotatable bonds is 2. The number of halogens is 2. The van der Waals surface area contributed by atoms with Crippen LogP contribution >= 0.6 is 0 Å². The van der Waals surface area contributed by atoms with Crippen LogP contribution in [0, 0.1) is 11.6 Å². The van der Waals surface area contributed by atoms with E-state index in [4.69, 9.17) is 5.73 Å². The van der Waals surface area contributed by atoms with Gasteiger partial charge in [-0.2, -0.15) is 0 Å². The number of nitrogens with one attached hydrogen (secondary N) is 1. The Morgan fingerprint density at radius 3 is 2.85 bits per heavy atom. The van der Waals surface area contributed by atoms with Gasteiger partial charge in [0.05, 0.1) is 5.69 Å². The van der Waals surface area contributed by atoms with E-state index in [0.29, 0.717) is 6.54 Å². The van der Waals surface area contributed by atoms with E-state index in [2.05, 4.69) is 5.32 Å². The predicted octanol–water partition coefficient (Wildman–Crippen LogP) is 2.70. The summed E-state index contributed by atoms with van der Waals surface area (Å²) in [6.45, 7) is 2.45. The molecular weight excluding hydrogens is 264 g/mol. The van der Waals surface area contributed by atoms with Crippen molar-refractivity contribution in [2.45, 2.75) is 38.3 Å². The van der Waals surface area contributed by atoms with Crippen molar-refractivity contribution in [2.24, 2.45) is 5.73 Å². The van der Waals surface area contributed by atoms with Gasteiger partial charge in [0.25, 0.3) is 0 Å². The summed E-state index contributed by atoms with van der Waals surface area (Å²) in [5.74, 6) is -1.46. The number of likely N-dealkylation sites (tertiary alicyclic amines) is 1. The largest absolute Gasteiger partial charge is 0.326 e. The van der Waals surface area contributed by atoms with Crippen molar-refractivity contribution in [3.8, 4) is 0 Å². The third-order valence-corrected chi connectivity index (χ3v) is 3.59. The van der Waals surface area contributed by atoms with Crippen LogP contribution in [0.3, 0.4) is 0 Å². The number of urea groups is 1. The Labute approximate surface area is 116 Å². The van der Waals surface area contributed by atoms with Crippen molar-refractivity contribution < 1.29 is 13.6 Å². The topological polar surface area (TPSA) is 58.4 Å². The molecule has 0 aromatic heterocycles. The number of nitrogens with zero attached hydrogens (tertiary/aromatic N) is 1. The summed E-state index contributed by atoms with van der Waals surface area (Å²) in [6, 6.07) is 2.49. The van der Waals surface area contributed by atoms with Crippen molar-refractivity contribution in [3.63, 3.8) is 0 Å². The minimum absolute atomic E-state index is 0.0228. The van der Waals surface area contributed by atoms with Crippen molar-refractivity contribution in [1.82, 2.24) is 4.90 Å². The molecule has 0 spiro atoms. The standard InChI is InChI=1S/C14H19F2N3O/c1-9(17)13-4-2-3-7-19(13)14(20)18-12-6-5-10(15)8-11(12)16/h5-6,8-9,13H,2-4,7,17H2,1H3,(H,18,20). The number of hydrogen-bond acceptors (Lipinski definition) is 2. The van der Waals surface area contributed by atoms with Gasteiger partial charge in [-0.25, -0.2) is 13.6 Å². The molecule has 2 atom stereocenters. The summed E-state index contributed by atoms with van der Waals surface area (Å²) in [5.41, 5.74) is 5.87. The predicted molar refractivity (Wildman–Crippen MR) is 73.4 cm³/mol. The maximum atomic E-state index is 13.5. The van der Waals surface area contributed by atoms with Crippen LogP contribution in [0.1, 0.15) is 26.2 Å². The maximum Gasteiger partial charge on any atom is 0.322 e. The van der Waals surface area contributed by atoms with E-state index >= 15 is 0 Å². The Morgan fingerprint density at radius 2 is 2.20 bits per heavy atom. The molecule has 2 amide bonds. The lowest BCUT2D eigenvalue weighted by atomic mass is 9.97. The fourth-order valence-electron chi connectivity index (χ4n) is 2.53. The molecule has 1 aromatic carbocycles. The van der Waals surface area contributed by atoms with E-state index in [1.807, 2.05) is 6.92 Å². The molecule has 1 fully saturated rings. The van der Waals surface area contributed by atoms with Crippen molar-refractivity contribution in [2.75, 3.05) is 11.9 Å². The summed E-state index contributed by atoms with van der Waals surface area (Å²) >= 11 is 0. The molecule has 1 aliphatic rings. The second kappa shape index (κ2) is 6.17. The Bertz CT molecular complexity index is 493. The molecule has 0 radical (unpaired) electrons. The maximum absolute atomic E-state index is 13.5. The minimum Gasteiger partial charge on any atom is -0.326 e. The lowest BCUT2D eigenvalue weighted by Gasteiger charge is -2.37. The minimum atomic E-state index is -0.785. The molecular formula is C14H19F2N3O. The number of amides is 2. The highest BCUT2D eigenvalue weighted by Gasteiger charge is 2.29. The third kappa shape index (κ3) is 3.25. The zero-order valence-corrected chi connectivity index (χ0v) is 11.4. The zero-order valence-electron chi connectivity index (χ0n) is 11.4. The zero-order chi connectivity index (χ0) is 14.7.